The summed E-state index contributed by atoms with van der Waals surface area (Å²) in [4.78, 5) is 6.36. The zero-order chi connectivity index (χ0) is 11.3. The number of hydrogen-bond acceptors (Lipinski definition) is 5. The maximum absolute atomic E-state index is 6.06. The van der Waals surface area contributed by atoms with Gasteiger partial charge in [-0.2, -0.15) is 0 Å². The summed E-state index contributed by atoms with van der Waals surface area (Å²) in [5.41, 5.74) is 11.0. The van der Waals surface area contributed by atoms with Crippen LogP contribution in [-0.4, -0.2) is 37.2 Å². The first kappa shape index (κ1) is 12.0. The minimum Gasteiger partial charge on any atom is -0.370 e. The predicted molar refractivity (Wildman–Crippen MR) is 63.2 cm³/mol. The lowest BCUT2D eigenvalue weighted by atomic mass is 10.0. The minimum atomic E-state index is -0.609. The third-order valence-corrected chi connectivity index (χ3v) is 2.36. The highest BCUT2D eigenvalue weighted by Crippen LogP contribution is 2.16. The van der Waals surface area contributed by atoms with Gasteiger partial charge in [-0.15, -0.1) is 0 Å². The van der Waals surface area contributed by atoms with Crippen molar-refractivity contribution >= 4 is 5.96 Å². The number of guanidine groups is 1. The van der Waals surface area contributed by atoms with Crippen LogP contribution in [0.5, 0.6) is 0 Å². The molecule has 1 heterocycles. The summed E-state index contributed by atoms with van der Waals surface area (Å²) in [6.07, 6.45) is 6.63. The molecule has 0 amide bonds. The third-order valence-electron chi connectivity index (χ3n) is 2.36. The van der Waals surface area contributed by atoms with E-state index in [0.29, 0.717) is 5.96 Å². The fraction of sp³-hybridized carbons (Fsp3) is 0.700. The molecule has 0 fully saturated rings. The lowest BCUT2D eigenvalue weighted by molar-refractivity contribution is 0.376. The molecule has 0 saturated carbocycles. The predicted octanol–water partition coefficient (Wildman–Crippen LogP) is -0.195. The molecule has 15 heavy (non-hydrogen) atoms. The number of unbranched alkanes of at least 4 members (excludes halogenated alkanes) is 1. The van der Waals surface area contributed by atoms with Crippen LogP contribution in [-0.2, 0) is 0 Å². The molecule has 1 aliphatic heterocycles. The highest BCUT2D eigenvalue weighted by Gasteiger charge is 2.22. The molecule has 5 N–H and O–H groups in total. The molecule has 1 atom stereocenters. The zero-order valence-electron chi connectivity index (χ0n) is 9.53. The SMILES string of the molecule is CN(C)CCCCC1(N)C=CNC(N)=N1. The van der Waals surface area contributed by atoms with Crippen LogP contribution in [0.4, 0.5) is 0 Å². The van der Waals surface area contributed by atoms with Gasteiger partial charge in [0.15, 0.2) is 5.96 Å². The first-order chi connectivity index (χ1) is 7.02. The lowest BCUT2D eigenvalue weighted by Crippen LogP contribution is -2.44. The second kappa shape index (κ2) is 5.14. The summed E-state index contributed by atoms with van der Waals surface area (Å²) in [6, 6.07) is 0. The topological polar surface area (TPSA) is 79.7 Å². The molecule has 0 bridgehead atoms. The molecule has 0 aromatic rings. The molecule has 0 radical (unpaired) electrons. The van der Waals surface area contributed by atoms with Gasteiger partial charge in [0.25, 0.3) is 0 Å². The van der Waals surface area contributed by atoms with Gasteiger partial charge >= 0.3 is 0 Å². The van der Waals surface area contributed by atoms with Gasteiger partial charge in [0, 0.05) is 6.20 Å². The van der Waals surface area contributed by atoms with Crippen LogP contribution in [0.1, 0.15) is 19.3 Å². The van der Waals surface area contributed by atoms with Crippen LogP contribution >= 0.6 is 0 Å². The Hall–Kier alpha value is -1.07. The van der Waals surface area contributed by atoms with Gasteiger partial charge in [-0.05, 0) is 46.0 Å². The fourth-order valence-corrected chi connectivity index (χ4v) is 1.54. The summed E-state index contributed by atoms with van der Waals surface area (Å²) in [6.45, 7) is 1.08. The molecule has 0 aromatic heterocycles. The third kappa shape index (κ3) is 4.31. The lowest BCUT2D eigenvalue weighted by Gasteiger charge is -2.25. The van der Waals surface area contributed by atoms with Gasteiger partial charge in [-0.25, -0.2) is 4.99 Å². The van der Waals surface area contributed by atoms with Crippen molar-refractivity contribution < 1.29 is 0 Å². The van der Waals surface area contributed by atoms with Crippen molar-refractivity contribution in [1.82, 2.24) is 10.2 Å². The average molecular weight is 211 g/mol. The monoisotopic (exact) mass is 211 g/mol. The van der Waals surface area contributed by atoms with Crippen LogP contribution in [0.2, 0.25) is 0 Å². The highest BCUT2D eigenvalue weighted by atomic mass is 15.2. The summed E-state index contributed by atoms with van der Waals surface area (Å²) in [7, 11) is 4.14. The standard InChI is InChI=1S/C10H21N5/c1-15(2)8-4-3-5-10(12)6-7-13-9(11)14-10/h6-7H,3-5,8,12H2,1-2H3,(H3,11,13,14). The quantitative estimate of drug-likeness (QED) is 0.550. The molecule has 0 spiro atoms. The second-order valence-electron chi connectivity index (χ2n) is 4.23. The van der Waals surface area contributed by atoms with E-state index in [1.54, 1.807) is 6.20 Å². The molecule has 1 unspecified atom stereocenters. The van der Waals surface area contributed by atoms with Crippen LogP contribution in [0.3, 0.4) is 0 Å². The number of rotatable bonds is 5. The molecule has 5 nitrogen and oxygen atoms in total. The molecule has 5 heteroatoms. The second-order valence-corrected chi connectivity index (χ2v) is 4.23. The number of aliphatic imine (C=N–C) groups is 1. The number of nitrogens with one attached hydrogen (secondary N) is 1. The van der Waals surface area contributed by atoms with E-state index in [1.807, 2.05) is 6.08 Å². The Morgan fingerprint density at radius 2 is 2.20 bits per heavy atom. The van der Waals surface area contributed by atoms with Crippen molar-refractivity contribution in [2.45, 2.75) is 24.9 Å². The van der Waals surface area contributed by atoms with Crippen molar-refractivity contribution in [2.75, 3.05) is 20.6 Å². The molecule has 86 valence electrons. The Kier molecular flexibility index (Phi) is 4.11. The van der Waals surface area contributed by atoms with Gasteiger partial charge in [-0.3, -0.25) is 0 Å². The van der Waals surface area contributed by atoms with Crippen molar-refractivity contribution in [3.05, 3.63) is 12.3 Å². The van der Waals surface area contributed by atoms with E-state index in [9.17, 15) is 0 Å². The number of nitrogens with two attached hydrogens (primary N) is 2. The Labute approximate surface area is 91.2 Å². The van der Waals surface area contributed by atoms with Crippen molar-refractivity contribution in [1.29, 1.82) is 0 Å². The zero-order valence-corrected chi connectivity index (χ0v) is 9.53. The Bertz CT molecular complexity index is 259. The average Bonchev–Trinajstić information content (AvgIpc) is 2.12. The van der Waals surface area contributed by atoms with Gasteiger partial charge in [0.2, 0.25) is 0 Å². The van der Waals surface area contributed by atoms with E-state index in [-0.39, 0.29) is 0 Å². The number of nitrogens with zero attached hydrogens (tertiary/aromatic N) is 2. The first-order valence-corrected chi connectivity index (χ1v) is 5.25. The summed E-state index contributed by atoms with van der Waals surface area (Å²) in [5, 5.41) is 2.80. The van der Waals surface area contributed by atoms with Gasteiger partial charge < -0.3 is 21.7 Å². The normalized spacial score (nSPS) is 25.2. The molecule has 0 saturated heterocycles. The van der Waals surface area contributed by atoms with Gasteiger partial charge in [-0.1, -0.05) is 0 Å². The van der Waals surface area contributed by atoms with E-state index >= 15 is 0 Å². The van der Waals surface area contributed by atoms with Gasteiger partial charge in [0.05, 0.1) is 0 Å². The highest BCUT2D eigenvalue weighted by molar-refractivity contribution is 5.80. The largest absolute Gasteiger partial charge is 0.370 e. The maximum atomic E-state index is 6.06. The summed E-state index contributed by atoms with van der Waals surface area (Å²) >= 11 is 0. The van der Waals surface area contributed by atoms with E-state index < -0.39 is 5.66 Å². The van der Waals surface area contributed by atoms with Crippen LogP contribution < -0.4 is 16.8 Å². The molecular weight excluding hydrogens is 190 g/mol. The molecule has 0 aromatic carbocycles. The van der Waals surface area contributed by atoms with E-state index in [1.165, 1.54) is 0 Å². The molecular formula is C10H21N5. The van der Waals surface area contributed by atoms with Crippen LogP contribution in [0.15, 0.2) is 17.3 Å². The molecule has 0 aliphatic carbocycles. The molecule has 1 aliphatic rings. The Morgan fingerprint density at radius 3 is 2.80 bits per heavy atom. The first-order valence-electron chi connectivity index (χ1n) is 5.25. The van der Waals surface area contributed by atoms with Crippen molar-refractivity contribution in [2.24, 2.45) is 16.5 Å². The number of hydrogen-bond donors (Lipinski definition) is 3. The van der Waals surface area contributed by atoms with E-state index in [0.717, 1.165) is 25.8 Å². The minimum absolute atomic E-state index is 0.396. The van der Waals surface area contributed by atoms with Crippen molar-refractivity contribution in [3.63, 3.8) is 0 Å². The molecule has 1 rings (SSSR count). The fourth-order valence-electron chi connectivity index (χ4n) is 1.54. The van der Waals surface area contributed by atoms with E-state index in [4.69, 9.17) is 11.5 Å². The summed E-state index contributed by atoms with van der Waals surface area (Å²) < 4.78 is 0. The smallest absolute Gasteiger partial charge is 0.194 e. The van der Waals surface area contributed by atoms with Crippen LogP contribution in [0.25, 0.3) is 0 Å². The Balaban J connectivity index is 2.31. The van der Waals surface area contributed by atoms with E-state index in [2.05, 4.69) is 29.3 Å². The summed E-state index contributed by atoms with van der Waals surface area (Å²) in [5.74, 6) is 0.396. The maximum Gasteiger partial charge on any atom is 0.194 e. The van der Waals surface area contributed by atoms with Crippen molar-refractivity contribution in [3.8, 4) is 0 Å². The Morgan fingerprint density at radius 1 is 1.47 bits per heavy atom. The van der Waals surface area contributed by atoms with Gasteiger partial charge in [0.1, 0.15) is 5.66 Å². The van der Waals surface area contributed by atoms with Crippen LogP contribution in [0, 0.1) is 0 Å².